The number of aromatic nitrogens is 2. The molecule has 0 saturated heterocycles. The highest BCUT2D eigenvalue weighted by Crippen LogP contribution is 2.42. The maximum absolute atomic E-state index is 13.5. The summed E-state index contributed by atoms with van der Waals surface area (Å²) in [7, 11) is 0. The number of anilines is 1. The van der Waals surface area contributed by atoms with Crippen LogP contribution in [0.5, 0.6) is 5.75 Å². The first-order chi connectivity index (χ1) is 15.1. The van der Waals surface area contributed by atoms with Crippen LogP contribution in [-0.4, -0.2) is 22.7 Å². The van der Waals surface area contributed by atoms with E-state index in [0.717, 1.165) is 10.6 Å². The van der Waals surface area contributed by atoms with Gasteiger partial charge in [0.15, 0.2) is 5.43 Å². The first kappa shape index (κ1) is 19.4. The van der Waals surface area contributed by atoms with Gasteiger partial charge in [-0.3, -0.25) is 14.5 Å². The van der Waals surface area contributed by atoms with Gasteiger partial charge in [-0.25, -0.2) is 0 Å². The molecule has 0 spiro atoms. The number of hydrogen-bond donors (Lipinski definition) is 0. The van der Waals surface area contributed by atoms with Gasteiger partial charge < -0.3 is 9.15 Å². The van der Waals surface area contributed by atoms with Crippen molar-refractivity contribution in [3.05, 3.63) is 80.6 Å². The Labute approximate surface area is 181 Å². The molecule has 2 aromatic carbocycles. The Morgan fingerprint density at radius 1 is 1.10 bits per heavy atom. The number of carbonyl (C=O) groups excluding carboxylic acids is 1. The quantitative estimate of drug-likeness (QED) is 0.465. The fourth-order valence-electron chi connectivity index (χ4n) is 3.84. The van der Waals surface area contributed by atoms with E-state index in [1.807, 2.05) is 44.2 Å². The fraction of sp³-hybridized carbons (Fsp3) is 0.217. The van der Waals surface area contributed by atoms with Gasteiger partial charge in [0.2, 0.25) is 10.9 Å². The molecule has 4 aromatic rings. The van der Waals surface area contributed by atoms with Gasteiger partial charge in [-0.05, 0) is 31.0 Å². The molecular formula is C23H19N3O4S. The lowest BCUT2D eigenvalue weighted by molar-refractivity contribution is 0.0970. The molecule has 1 unspecified atom stereocenters. The number of benzene rings is 2. The minimum atomic E-state index is -0.631. The summed E-state index contributed by atoms with van der Waals surface area (Å²) in [4.78, 5) is 28.5. The maximum Gasteiger partial charge on any atom is 0.297 e. The molecule has 156 valence electrons. The third kappa shape index (κ3) is 3.11. The largest absolute Gasteiger partial charge is 0.494 e. The van der Waals surface area contributed by atoms with Crippen molar-refractivity contribution in [2.24, 2.45) is 0 Å². The second kappa shape index (κ2) is 7.63. The third-order valence-corrected chi connectivity index (χ3v) is 6.30. The highest BCUT2D eigenvalue weighted by atomic mass is 32.1. The van der Waals surface area contributed by atoms with Crippen LogP contribution in [0.2, 0.25) is 0 Å². The zero-order valence-corrected chi connectivity index (χ0v) is 17.8. The van der Waals surface area contributed by atoms with Gasteiger partial charge in [-0.15, -0.1) is 10.2 Å². The molecule has 31 heavy (non-hydrogen) atoms. The van der Waals surface area contributed by atoms with E-state index in [9.17, 15) is 9.59 Å². The number of aryl methyl sites for hydroxylation is 1. The second-order valence-corrected chi connectivity index (χ2v) is 8.13. The number of hydrogen-bond acceptors (Lipinski definition) is 7. The summed E-state index contributed by atoms with van der Waals surface area (Å²) in [5.41, 5.74) is 1.22. The predicted octanol–water partition coefficient (Wildman–Crippen LogP) is 4.36. The normalized spacial score (nSPS) is 15.5. The molecule has 2 aromatic heterocycles. The molecule has 0 fully saturated rings. The van der Waals surface area contributed by atoms with E-state index in [1.165, 1.54) is 16.2 Å². The Kier molecular flexibility index (Phi) is 4.78. The predicted molar refractivity (Wildman–Crippen MR) is 118 cm³/mol. The molecular weight excluding hydrogens is 414 g/mol. The number of fused-ring (bicyclic) bond motifs is 2. The minimum absolute atomic E-state index is 0.0354. The Hall–Kier alpha value is -3.52. The Bertz CT molecular complexity index is 1350. The van der Waals surface area contributed by atoms with Crippen molar-refractivity contribution in [1.82, 2.24) is 10.2 Å². The first-order valence-corrected chi connectivity index (χ1v) is 10.9. The highest BCUT2D eigenvalue weighted by molar-refractivity contribution is 7.15. The molecule has 1 aliphatic rings. The van der Waals surface area contributed by atoms with E-state index in [-0.39, 0.29) is 11.2 Å². The van der Waals surface area contributed by atoms with Gasteiger partial charge in [0.05, 0.1) is 23.6 Å². The topological polar surface area (TPSA) is 85.5 Å². The number of rotatable bonds is 5. The Balaban J connectivity index is 1.76. The van der Waals surface area contributed by atoms with Crippen molar-refractivity contribution >= 4 is 33.3 Å². The van der Waals surface area contributed by atoms with E-state index in [0.29, 0.717) is 40.4 Å². The van der Waals surface area contributed by atoms with Crippen LogP contribution in [-0.2, 0) is 6.42 Å². The summed E-state index contributed by atoms with van der Waals surface area (Å²) < 4.78 is 11.5. The van der Waals surface area contributed by atoms with Crippen molar-refractivity contribution in [2.45, 2.75) is 26.3 Å². The summed E-state index contributed by atoms with van der Waals surface area (Å²) in [6, 6.07) is 13.9. The molecule has 8 heteroatoms. The molecule has 0 radical (unpaired) electrons. The van der Waals surface area contributed by atoms with E-state index >= 15 is 0 Å². The average molecular weight is 433 g/mol. The molecule has 5 rings (SSSR count). The van der Waals surface area contributed by atoms with Crippen molar-refractivity contribution in [3.8, 4) is 5.75 Å². The molecule has 3 heterocycles. The number of amides is 1. The smallest absolute Gasteiger partial charge is 0.297 e. The Morgan fingerprint density at radius 2 is 1.90 bits per heavy atom. The first-order valence-electron chi connectivity index (χ1n) is 10.1. The number of nitrogens with zero attached hydrogens (tertiary/aromatic N) is 3. The maximum atomic E-state index is 13.5. The molecule has 1 atom stereocenters. The van der Waals surface area contributed by atoms with Crippen LogP contribution in [0.15, 0.2) is 57.7 Å². The van der Waals surface area contributed by atoms with Gasteiger partial charge >= 0.3 is 0 Å². The lowest BCUT2D eigenvalue weighted by Crippen LogP contribution is -2.29. The van der Waals surface area contributed by atoms with E-state index < -0.39 is 11.9 Å². The van der Waals surface area contributed by atoms with Gasteiger partial charge in [-0.1, -0.05) is 48.6 Å². The average Bonchev–Trinajstić information content (AvgIpc) is 3.37. The van der Waals surface area contributed by atoms with Crippen LogP contribution in [0.1, 0.15) is 46.6 Å². The van der Waals surface area contributed by atoms with E-state index in [4.69, 9.17) is 9.15 Å². The SMILES string of the molecule is CCOc1ccc2c(=O)c3c(oc2c1)C(=O)N(c1nnc(CC)s1)C3c1ccccc1. The zero-order chi connectivity index (χ0) is 21.5. The van der Waals surface area contributed by atoms with Crippen molar-refractivity contribution in [1.29, 1.82) is 0 Å². The van der Waals surface area contributed by atoms with E-state index in [1.54, 1.807) is 18.2 Å². The van der Waals surface area contributed by atoms with Gasteiger partial charge in [-0.2, -0.15) is 0 Å². The van der Waals surface area contributed by atoms with Crippen LogP contribution in [0.4, 0.5) is 5.13 Å². The molecule has 0 N–H and O–H groups in total. The number of ether oxygens (including phenoxy) is 1. The third-order valence-electron chi connectivity index (χ3n) is 5.23. The van der Waals surface area contributed by atoms with Gasteiger partial charge in [0, 0.05) is 6.07 Å². The van der Waals surface area contributed by atoms with Crippen molar-refractivity contribution < 1.29 is 13.9 Å². The molecule has 1 aliphatic heterocycles. The summed E-state index contributed by atoms with van der Waals surface area (Å²) in [6.45, 7) is 4.34. The van der Waals surface area contributed by atoms with Gasteiger partial charge in [0.1, 0.15) is 16.3 Å². The summed E-state index contributed by atoms with van der Waals surface area (Å²) in [5.74, 6) is 0.216. The number of carbonyl (C=O) groups is 1. The zero-order valence-electron chi connectivity index (χ0n) is 17.0. The minimum Gasteiger partial charge on any atom is -0.494 e. The van der Waals surface area contributed by atoms with Crippen molar-refractivity contribution in [3.63, 3.8) is 0 Å². The lowest BCUT2D eigenvalue weighted by atomic mass is 9.99. The van der Waals surface area contributed by atoms with Crippen LogP contribution < -0.4 is 15.1 Å². The highest BCUT2D eigenvalue weighted by Gasteiger charge is 2.45. The summed E-state index contributed by atoms with van der Waals surface area (Å²) >= 11 is 1.34. The van der Waals surface area contributed by atoms with Crippen LogP contribution in [0, 0.1) is 0 Å². The lowest BCUT2D eigenvalue weighted by Gasteiger charge is -2.21. The second-order valence-electron chi connectivity index (χ2n) is 7.09. The molecule has 1 amide bonds. The molecule has 0 aliphatic carbocycles. The van der Waals surface area contributed by atoms with Crippen LogP contribution >= 0.6 is 11.3 Å². The Morgan fingerprint density at radius 3 is 2.61 bits per heavy atom. The monoisotopic (exact) mass is 433 g/mol. The van der Waals surface area contributed by atoms with Crippen molar-refractivity contribution in [2.75, 3.05) is 11.5 Å². The summed E-state index contributed by atoms with van der Waals surface area (Å²) in [6.07, 6.45) is 0.712. The standard InChI is InChI=1S/C23H19N3O4S/c1-3-17-24-25-23(31-17)26-19(13-8-6-5-7-9-13)18-20(27)15-11-10-14(29-4-2)12-16(15)30-21(18)22(26)28/h5-12,19H,3-4H2,1-2H3. The van der Waals surface area contributed by atoms with Gasteiger partial charge in [0.25, 0.3) is 5.91 Å². The molecule has 7 nitrogen and oxygen atoms in total. The molecule has 0 saturated carbocycles. The molecule has 0 bridgehead atoms. The fourth-order valence-corrected chi connectivity index (χ4v) is 4.65. The summed E-state index contributed by atoms with van der Waals surface area (Å²) in [5, 5.41) is 10.1. The van der Waals surface area contributed by atoms with E-state index in [2.05, 4.69) is 10.2 Å². The van der Waals surface area contributed by atoms with Crippen LogP contribution in [0.25, 0.3) is 11.0 Å². The van der Waals surface area contributed by atoms with Crippen LogP contribution in [0.3, 0.4) is 0 Å².